The van der Waals surface area contributed by atoms with Crippen molar-refractivity contribution in [3.05, 3.63) is 53.6 Å². The summed E-state index contributed by atoms with van der Waals surface area (Å²) in [5.41, 5.74) is 4.11. The molecular weight excluding hydrogens is 356 g/mol. The van der Waals surface area contributed by atoms with Crippen LogP contribution in [0.15, 0.2) is 52.3 Å². The smallest absolute Gasteiger partial charge is 0.0508 e. The van der Waals surface area contributed by atoms with Crippen molar-refractivity contribution >= 4 is 34.4 Å². The van der Waals surface area contributed by atoms with Crippen LogP contribution in [0.25, 0.3) is 0 Å². The first-order chi connectivity index (χ1) is 10.3. The predicted octanol–water partition coefficient (Wildman–Crippen LogP) is 4.44. The molecule has 0 aliphatic carbocycles. The molecule has 0 amide bonds. The van der Waals surface area contributed by atoms with E-state index in [1.807, 2.05) is 11.8 Å². The molecule has 1 aliphatic rings. The Kier molecular flexibility index (Phi) is 6.36. The Morgan fingerprint density at radius 2 is 1.59 bits per heavy atom. The van der Waals surface area contributed by atoms with Crippen molar-refractivity contribution in [2.45, 2.75) is 23.6 Å². The Hall–Kier alpha value is -0.970. The second-order valence-electron chi connectivity index (χ2n) is 5.50. The zero-order chi connectivity index (χ0) is 14.7. The molecule has 2 aromatic rings. The molecule has 1 fully saturated rings. The Bertz CT molecular complexity index is 624. The maximum absolute atomic E-state index is 3.42. The van der Waals surface area contributed by atoms with E-state index < -0.39 is 0 Å². The molecule has 2 nitrogen and oxygen atoms in total. The summed E-state index contributed by atoms with van der Waals surface area (Å²) < 4.78 is 0. The first kappa shape index (κ1) is 17.4. The van der Waals surface area contributed by atoms with Gasteiger partial charge < -0.3 is 10.2 Å². The molecule has 2 aromatic carbocycles. The fraction of sp³-hybridized carbons (Fsp3) is 0.333. The van der Waals surface area contributed by atoms with Crippen LogP contribution in [0.4, 0.5) is 5.69 Å². The molecule has 0 bridgehead atoms. The monoisotopic (exact) mass is 378 g/mol. The van der Waals surface area contributed by atoms with Crippen LogP contribution in [0.2, 0.25) is 0 Å². The molecule has 0 saturated carbocycles. The molecule has 22 heavy (non-hydrogen) atoms. The van der Waals surface area contributed by atoms with Crippen LogP contribution in [-0.4, -0.2) is 26.2 Å². The van der Waals surface area contributed by atoms with Crippen LogP contribution in [0.1, 0.15) is 11.1 Å². The highest BCUT2D eigenvalue weighted by molar-refractivity contribution is 8.93. The number of nitrogens with zero attached hydrogens (tertiary/aromatic N) is 1. The number of hydrogen-bond acceptors (Lipinski definition) is 3. The molecule has 118 valence electrons. The third kappa shape index (κ3) is 3.86. The van der Waals surface area contributed by atoms with Gasteiger partial charge >= 0.3 is 0 Å². The number of benzene rings is 2. The molecule has 1 N–H and O–H groups in total. The van der Waals surface area contributed by atoms with E-state index in [-0.39, 0.29) is 17.0 Å². The lowest BCUT2D eigenvalue weighted by molar-refractivity contribution is 0.587. The second-order valence-corrected chi connectivity index (χ2v) is 6.59. The normalized spacial score (nSPS) is 14.5. The highest BCUT2D eigenvalue weighted by Gasteiger charge is 2.15. The van der Waals surface area contributed by atoms with Gasteiger partial charge in [-0.15, -0.1) is 17.0 Å². The van der Waals surface area contributed by atoms with Gasteiger partial charge in [0.2, 0.25) is 0 Å². The molecule has 4 heteroatoms. The number of para-hydroxylation sites is 1. The first-order valence-corrected chi connectivity index (χ1v) is 8.36. The summed E-state index contributed by atoms with van der Waals surface area (Å²) in [4.78, 5) is 5.20. The van der Waals surface area contributed by atoms with Crippen LogP contribution in [0, 0.1) is 13.8 Å². The maximum Gasteiger partial charge on any atom is 0.0508 e. The van der Waals surface area contributed by atoms with E-state index in [0.29, 0.717) is 0 Å². The lowest BCUT2D eigenvalue weighted by Gasteiger charge is -2.31. The first-order valence-electron chi connectivity index (χ1n) is 7.54. The Labute approximate surface area is 148 Å². The van der Waals surface area contributed by atoms with Crippen molar-refractivity contribution in [2.75, 3.05) is 31.1 Å². The van der Waals surface area contributed by atoms with Crippen molar-refractivity contribution in [1.29, 1.82) is 0 Å². The summed E-state index contributed by atoms with van der Waals surface area (Å²) in [5.74, 6) is 0. The van der Waals surface area contributed by atoms with Gasteiger partial charge in [-0.2, -0.15) is 0 Å². The van der Waals surface area contributed by atoms with E-state index in [0.717, 1.165) is 26.2 Å². The summed E-state index contributed by atoms with van der Waals surface area (Å²) in [7, 11) is 0. The molecule has 1 heterocycles. The van der Waals surface area contributed by atoms with E-state index >= 15 is 0 Å². The summed E-state index contributed by atoms with van der Waals surface area (Å²) >= 11 is 1.89. The molecule has 0 atom stereocenters. The number of piperazine rings is 1. The third-order valence-electron chi connectivity index (χ3n) is 4.10. The number of rotatable bonds is 3. The summed E-state index contributed by atoms with van der Waals surface area (Å²) in [6.07, 6.45) is 0. The van der Waals surface area contributed by atoms with E-state index in [1.54, 1.807) is 0 Å². The minimum atomic E-state index is 0. The quantitative estimate of drug-likeness (QED) is 0.849. The van der Waals surface area contributed by atoms with Crippen molar-refractivity contribution in [1.82, 2.24) is 5.32 Å². The summed E-state index contributed by atoms with van der Waals surface area (Å²) in [6.45, 7) is 8.71. The molecule has 0 spiro atoms. The van der Waals surface area contributed by atoms with Crippen LogP contribution in [-0.2, 0) is 0 Å². The lowest BCUT2D eigenvalue weighted by atomic mass is 10.1. The molecule has 3 rings (SSSR count). The minimum Gasteiger partial charge on any atom is -0.368 e. The number of aryl methyl sites for hydroxylation is 1. The van der Waals surface area contributed by atoms with Crippen LogP contribution >= 0.6 is 28.7 Å². The standard InChI is InChI=1S/C18H22N2S.BrH/c1-14-6-5-9-17(15(14)2)21-18-8-4-3-7-16(18)20-12-10-19-11-13-20;/h3-9,19H,10-13H2,1-2H3;1H. The molecule has 1 saturated heterocycles. The number of anilines is 1. The number of nitrogens with one attached hydrogen (secondary N) is 1. The van der Waals surface area contributed by atoms with Crippen molar-refractivity contribution < 1.29 is 0 Å². The van der Waals surface area contributed by atoms with Gasteiger partial charge in [0.1, 0.15) is 0 Å². The van der Waals surface area contributed by atoms with Crippen LogP contribution in [0.3, 0.4) is 0 Å². The maximum atomic E-state index is 3.42. The average molecular weight is 379 g/mol. The van der Waals surface area contributed by atoms with Crippen molar-refractivity contribution in [2.24, 2.45) is 0 Å². The van der Waals surface area contributed by atoms with Gasteiger partial charge in [-0.3, -0.25) is 0 Å². The second kappa shape index (κ2) is 8.04. The summed E-state index contributed by atoms with van der Waals surface area (Å²) in [6, 6.07) is 15.3. The van der Waals surface area contributed by atoms with Gasteiger partial charge in [0.05, 0.1) is 5.69 Å². The third-order valence-corrected chi connectivity index (χ3v) is 5.33. The van der Waals surface area contributed by atoms with E-state index in [9.17, 15) is 0 Å². The van der Waals surface area contributed by atoms with E-state index in [2.05, 4.69) is 66.5 Å². The number of hydrogen-bond donors (Lipinski definition) is 1. The zero-order valence-electron chi connectivity index (χ0n) is 13.1. The Balaban J connectivity index is 0.00000176. The predicted molar refractivity (Wildman–Crippen MR) is 102 cm³/mol. The Morgan fingerprint density at radius 1 is 0.909 bits per heavy atom. The van der Waals surface area contributed by atoms with E-state index in [4.69, 9.17) is 0 Å². The van der Waals surface area contributed by atoms with Crippen molar-refractivity contribution in [3.63, 3.8) is 0 Å². The fourth-order valence-corrected chi connectivity index (χ4v) is 3.81. The minimum absolute atomic E-state index is 0. The lowest BCUT2D eigenvalue weighted by Crippen LogP contribution is -2.43. The van der Waals surface area contributed by atoms with Gasteiger partial charge in [0.25, 0.3) is 0 Å². The summed E-state index contributed by atoms with van der Waals surface area (Å²) in [5, 5.41) is 3.42. The molecule has 1 aliphatic heterocycles. The largest absolute Gasteiger partial charge is 0.368 e. The highest BCUT2D eigenvalue weighted by atomic mass is 79.9. The van der Waals surface area contributed by atoms with E-state index in [1.165, 1.54) is 26.6 Å². The van der Waals surface area contributed by atoms with Gasteiger partial charge in [-0.05, 0) is 43.2 Å². The molecule has 0 aromatic heterocycles. The van der Waals surface area contributed by atoms with Gasteiger partial charge in [-0.25, -0.2) is 0 Å². The van der Waals surface area contributed by atoms with Gasteiger partial charge in [-0.1, -0.05) is 36.0 Å². The van der Waals surface area contributed by atoms with Gasteiger partial charge in [0, 0.05) is 36.0 Å². The highest BCUT2D eigenvalue weighted by Crippen LogP contribution is 2.37. The zero-order valence-corrected chi connectivity index (χ0v) is 15.7. The van der Waals surface area contributed by atoms with Crippen molar-refractivity contribution in [3.8, 4) is 0 Å². The SMILES string of the molecule is Br.Cc1cccc(Sc2ccccc2N2CCNCC2)c1C. The Morgan fingerprint density at radius 3 is 2.36 bits per heavy atom. The van der Waals surface area contributed by atoms with Crippen LogP contribution < -0.4 is 10.2 Å². The van der Waals surface area contributed by atoms with Gasteiger partial charge in [0.15, 0.2) is 0 Å². The number of halogens is 1. The molecule has 0 unspecified atom stereocenters. The molecular formula is C18H23BrN2S. The molecule has 0 radical (unpaired) electrons. The van der Waals surface area contributed by atoms with Crippen LogP contribution in [0.5, 0.6) is 0 Å². The topological polar surface area (TPSA) is 15.3 Å². The average Bonchev–Trinajstić information content (AvgIpc) is 2.53. The fourth-order valence-electron chi connectivity index (χ4n) is 2.66.